The zero-order valence-corrected chi connectivity index (χ0v) is 18.0. The summed E-state index contributed by atoms with van der Waals surface area (Å²) in [5.74, 6) is -3.80. The van der Waals surface area contributed by atoms with Crippen LogP contribution in [0, 0.1) is 24.7 Å². The van der Waals surface area contributed by atoms with Gasteiger partial charge in [-0.1, -0.05) is 74.9 Å². The number of amides is 2. The number of carbonyl (C=O) groups excluding carboxylic acids is 2. The van der Waals surface area contributed by atoms with Gasteiger partial charge in [-0.3, -0.25) is 24.6 Å². The molecule has 2 aromatic rings. The number of aliphatic carboxylic acids is 1. The summed E-state index contributed by atoms with van der Waals surface area (Å²) in [6.45, 7) is 5.85. The monoisotopic (exact) mass is 420 g/mol. The lowest BCUT2D eigenvalue weighted by Crippen LogP contribution is -2.59. The van der Waals surface area contributed by atoms with Crippen molar-refractivity contribution in [2.75, 3.05) is 0 Å². The summed E-state index contributed by atoms with van der Waals surface area (Å²) in [6.07, 6.45) is 0.573. The van der Waals surface area contributed by atoms with Gasteiger partial charge in [-0.15, -0.1) is 0 Å². The fraction of sp³-hybridized carbons (Fsp3) is 0.400. The minimum atomic E-state index is -1.50. The molecule has 5 atom stereocenters. The first kappa shape index (κ1) is 21.2. The molecule has 0 aromatic heterocycles. The van der Waals surface area contributed by atoms with Gasteiger partial charge in [0.1, 0.15) is 5.54 Å². The molecule has 2 aliphatic rings. The van der Waals surface area contributed by atoms with Crippen molar-refractivity contribution in [3.05, 3.63) is 71.3 Å². The van der Waals surface area contributed by atoms with Crippen LogP contribution in [0.15, 0.2) is 54.6 Å². The number of rotatable bonds is 6. The molecule has 2 aromatic carbocycles. The number of fused-ring (bicyclic) bond motifs is 1. The Balaban J connectivity index is 1.83. The second-order valence-corrected chi connectivity index (χ2v) is 8.71. The predicted octanol–water partition coefficient (Wildman–Crippen LogP) is 3.31. The Bertz CT molecular complexity index is 1020. The molecule has 162 valence electrons. The van der Waals surface area contributed by atoms with Crippen LogP contribution in [-0.2, 0) is 20.9 Å². The van der Waals surface area contributed by atoms with Gasteiger partial charge in [-0.2, -0.15) is 0 Å². The summed E-state index contributed by atoms with van der Waals surface area (Å²) in [4.78, 5) is 41.2. The summed E-state index contributed by atoms with van der Waals surface area (Å²) in [7, 11) is 0. The van der Waals surface area contributed by atoms with Crippen molar-refractivity contribution >= 4 is 17.8 Å². The van der Waals surface area contributed by atoms with E-state index >= 15 is 0 Å². The minimum Gasteiger partial charge on any atom is -0.480 e. The van der Waals surface area contributed by atoms with Crippen molar-refractivity contribution in [3.8, 4) is 0 Å². The van der Waals surface area contributed by atoms with Crippen molar-refractivity contribution in [2.45, 2.75) is 45.3 Å². The molecule has 2 fully saturated rings. The molecule has 0 spiro atoms. The Hall–Kier alpha value is -2.99. The first-order chi connectivity index (χ1) is 14.8. The van der Waals surface area contributed by atoms with Crippen LogP contribution in [0.2, 0.25) is 0 Å². The van der Waals surface area contributed by atoms with E-state index in [0.29, 0.717) is 6.42 Å². The number of hydrogen-bond acceptors (Lipinski definition) is 4. The van der Waals surface area contributed by atoms with Crippen LogP contribution in [0.25, 0.3) is 0 Å². The molecule has 0 aliphatic carbocycles. The molecular formula is C25H28N2O4. The first-order valence-corrected chi connectivity index (χ1v) is 10.8. The summed E-state index contributed by atoms with van der Waals surface area (Å²) < 4.78 is 0. The van der Waals surface area contributed by atoms with Crippen molar-refractivity contribution in [3.63, 3.8) is 0 Å². The molecule has 0 bridgehead atoms. The maximum atomic E-state index is 13.6. The smallest absolute Gasteiger partial charge is 0.325 e. The Morgan fingerprint density at radius 2 is 1.74 bits per heavy atom. The zero-order chi connectivity index (χ0) is 22.3. The molecule has 4 rings (SSSR count). The third-order valence-corrected chi connectivity index (χ3v) is 7.14. The highest BCUT2D eigenvalue weighted by molar-refractivity contribution is 6.09. The van der Waals surface area contributed by atoms with Crippen LogP contribution in [0.4, 0.5) is 0 Å². The topological polar surface area (TPSA) is 86.7 Å². The van der Waals surface area contributed by atoms with Gasteiger partial charge in [0.05, 0.1) is 18.4 Å². The van der Waals surface area contributed by atoms with Crippen LogP contribution in [0.1, 0.15) is 43.0 Å². The first-order valence-electron chi connectivity index (χ1n) is 10.8. The maximum absolute atomic E-state index is 13.6. The molecule has 6 nitrogen and oxygen atoms in total. The molecular weight excluding hydrogens is 392 g/mol. The second kappa shape index (κ2) is 7.93. The average molecular weight is 421 g/mol. The van der Waals surface area contributed by atoms with Crippen LogP contribution in [0.5, 0.6) is 0 Å². The van der Waals surface area contributed by atoms with E-state index in [1.165, 1.54) is 4.90 Å². The van der Waals surface area contributed by atoms with E-state index < -0.39 is 35.3 Å². The number of nitrogens with one attached hydrogen (secondary N) is 1. The molecule has 2 heterocycles. The Morgan fingerprint density at radius 3 is 2.35 bits per heavy atom. The van der Waals surface area contributed by atoms with E-state index in [4.69, 9.17) is 0 Å². The van der Waals surface area contributed by atoms with E-state index in [2.05, 4.69) is 5.32 Å². The second-order valence-electron chi connectivity index (χ2n) is 8.71. The van der Waals surface area contributed by atoms with E-state index in [1.54, 1.807) is 0 Å². The Labute approximate surface area is 182 Å². The molecule has 0 saturated carbocycles. The van der Waals surface area contributed by atoms with E-state index in [9.17, 15) is 19.5 Å². The Kier molecular flexibility index (Phi) is 5.43. The van der Waals surface area contributed by atoms with E-state index in [0.717, 1.165) is 16.7 Å². The highest BCUT2D eigenvalue weighted by Crippen LogP contribution is 2.52. The largest absolute Gasteiger partial charge is 0.480 e. The van der Waals surface area contributed by atoms with Gasteiger partial charge in [0.25, 0.3) is 0 Å². The van der Waals surface area contributed by atoms with Crippen molar-refractivity contribution < 1.29 is 19.5 Å². The van der Waals surface area contributed by atoms with Crippen molar-refractivity contribution in [2.24, 2.45) is 17.8 Å². The predicted molar refractivity (Wildman–Crippen MR) is 116 cm³/mol. The number of hydrogen-bond donors (Lipinski definition) is 2. The highest BCUT2D eigenvalue weighted by atomic mass is 16.4. The maximum Gasteiger partial charge on any atom is 0.325 e. The average Bonchev–Trinajstić information content (AvgIpc) is 3.25. The number of benzene rings is 2. The molecule has 6 heteroatoms. The lowest BCUT2D eigenvalue weighted by atomic mass is 9.72. The van der Waals surface area contributed by atoms with E-state index in [1.807, 2.05) is 75.4 Å². The van der Waals surface area contributed by atoms with E-state index in [-0.39, 0.29) is 18.4 Å². The number of nitrogens with zero attached hydrogens (tertiary/aromatic N) is 1. The van der Waals surface area contributed by atoms with Gasteiger partial charge in [-0.05, 0) is 29.5 Å². The molecule has 2 amide bonds. The normalized spacial score (nSPS) is 28.6. The van der Waals surface area contributed by atoms with Crippen LogP contribution >= 0.6 is 0 Å². The number of carbonyl (C=O) groups is 3. The number of carboxylic acids is 1. The molecule has 5 unspecified atom stereocenters. The fourth-order valence-electron chi connectivity index (χ4n) is 5.31. The lowest BCUT2D eigenvalue weighted by Gasteiger charge is -2.36. The summed E-state index contributed by atoms with van der Waals surface area (Å²) in [6, 6.07) is 16.4. The van der Waals surface area contributed by atoms with Gasteiger partial charge >= 0.3 is 5.97 Å². The van der Waals surface area contributed by atoms with Crippen molar-refractivity contribution in [1.82, 2.24) is 10.2 Å². The Morgan fingerprint density at radius 1 is 1.10 bits per heavy atom. The molecule has 2 saturated heterocycles. The third-order valence-electron chi connectivity index (χ3n) is 7.14. The number of imide groups is 1. The number of aryl methyl sites for hydroxylation is 1. The number of likely N-dealkylation sites (tertiary alicyclic amines) is 1. The van der Waals surface area contributed by atoms with Crippen molar-refractivity contribution in [1.29, 1.82) is 0 Å². The van der Waals surface area contributed by atoms with Gasteiger partial charge in [0.2, 0.25) is 11.8 Å². The molecule has 2 N–H and O–H groups in total. The summed E-state index contributed by atoms with van der Waals surface area (Å²) in [5.41, 5.74) is 1.18. The van der Waals surface area contributed by atoms with Gasteiger partial charge in [0, 0.05) is 6.04 Å². The van der Waals surface area contributed by atoms with Crippen LogP contribution in [0.3, 0.4) is 0 Å². The van der Waals surface area contributed by atoms with Gasteiger partial charge in [0.15, 0.2) is 0 Å². The summed E-state index contributed by atoms with van der Waals surface area (Å²) in [5, 5.41) is 13.7. The zero-order valence-electron chi connectivity index (χ0n) is 18.0. The van der Waals surface area contributed by atoms with Gasteiger partial charge in [-0.25, -0.2) is 0 Å². The molecule has 0 radical (unpaired) electrons. The lowest BCUT2D eigenvalue weighted by molar-refractivity contribution is -0.154. The quantitative estimate of drug-likeness (QED) is 0.700. The van der Waals surface area contributed by atoms with Crippen LogP contribution in [-0.4, -0.2) is 33.3 Å². The van der Waals surface area contributed by atoms with Crippen LogP contribution < -0.4 is 5.32 Å². The standard InChI is InChI=1S/C25H28N2O4/c1-4-16(3)25(24(30)31)20-19(21(26-25)18-13-9-8-10-15(18)2)22(28)27(23(20)29)14-17-11-6-5-7-12-17/h5-13,16,19-21,26H,4,14H2,1-3H3,(H,30,31). The minimum absolute atomic E-state index is 0.155. The SMILES string of the molecule is CCC(C)C1(C(=O)O)NC(c2ccccc2C)C2C(=O)N(Cc3ccccc3)C(=O)C21. The molecule has 31 heavy (non-hydrogen) atoms. The summed E-state index contributed by atoms with van der Waals surface area (Å²) >= 11 is 0. The number of carboxylic acid groups (broad SMARTS) is 1. The fourth-order valence-corrected chi connectivity index (χ4v) is 5.31. The molecule has 2 aliphatic heterocycles. The van der Waals surface area contributed by atoms with Gasteiger partial charge < -0.3 is 5.11 Å². The highest BCUT2D eigenvalue weighted by Gasteiger charge is 2.69. The third kappa shape index (κ3) is 3.17.